The van der Waals surface area contributed by atoms with E-state index in [2.05, 4.69) is 9.88 Å². The first kappa shape index (κ1) is 23.5. The fourth-order valence-electron chi connectivity index (χ4n) is 3.06. The molecule has 29 heavy (non-hydrogen) atoms. The quantitative estimate of drug-likeness (QED) is 0.537. The second-order valence-electron chi connectivity index (χ2n) is 6.84. The zero-order valence-corrected chi connectivity index (χ0v) is 18.3. The van der Waals surface area contributed by atoms with Crippen molar-refractivity contribution in [3.63, 3.8) is 0 Å². The molecule has 0 aliphatic heterocycles. The van der Waals surface area contributed by atoms with Crippen LogP contribution in [0.1, 0.15) is 31.2 Å². The molecule has 1 aromatic heterocycles. The Labute approximate surface area is 186 Å². The minimum atomic E-state index is -0.471. The summed E-state index contributed by atoms with van der Waals surface area (Å²) < 4.78 is 2.14. The Bertz CT molecular complexity index is 973. The molecule has 2 aromatic carbocycles. The average molecular weight is 456 g/mol. The maximum atomic E-state index is 11.9. The molecule has 3 aromatic rings. The van der Waals surface area contributed by atoms with Crippen molar-refractivity contribution < 1.29 is 22.3 Å². The van der Waals surface area contributed by atoms with E-state index in [4.69, 9.17) is 28.2 Å². The van der Waals surface area contributed by atoms with Crippen molar-refractivity contribution in [3.8, 4) is 0 Å². The van der Waals surface area contributed by atoms with Gasteiger partial charge in [-0.1, -0.05) is 41.4 Å². The molecule has 0 fully saturated rings. The summed E-state index contributed by atoms with van der Waals surface area (Å²) in [5.74, 6) is 0.830. The summed E-state index contributed by atoms with van der Waals surface area (Å²) in [5, 5.41) is 13.2. The summed E-state index contributed by atoms with van der Waals surface area (Å²) in [4.78, 5) is 16.6. The van der Waals surface area contributed by atoms with Gasteiger partial charge >= 0.3 is 0 Å². The first-order valence-electron chi connectivity index (χ1n) is 9.27. The molecule has 0 saturated heterocycles. The van der Waals surface area contributed by atoms with E-state index in [0.717, 1.165) is 22.4 Å². The van der Waals surface area contributed by atoms with Crippen LogP contribution in [-0.4, -0.2) is 33.2 Å². The summed E-state index contributed by atoms with van der Waals surface area (Å²) >= 11 is 12.2. The highest BCUT2D eigenvalue weighted by molar-refractivity contribution is 6.42. The van der Waals surface area contributed by atoms with E-state index in [1.165, 1.54) is 0 Å². The normalized spacial score (nSPS) is 11.9. The Morgan fingerprint density at radius 2 is 1.97 bits per heavy atom. The second kappa shape index (κ2) is 10.8. The summed E-state index contributed by atoms with van der Waals surface area (Å²) in [6, 6.07) is 13.6. The van der Waals surface area contributed by atoms with Gasteiger partial charge in [0, 0.05) is 25.9 Å². The van der Waals surface area contributed by atoms with Crippen LogP contribution in [0.2, 0.25) is 10.0 Å². The van der Waals surface area contributed by atoms with Crippen LogP contribution in [0.15, 0.2) is 42.5 Å². The molecule has 1 heterocycles. The zero-order chi connectivity index (χ0) is 20.1. The maximum absolute atomic E-state index is 11.9. The van der Waals surface area contributed by atoms with Gasteiger partial charge in [-0.05, 0) is 43.2 Å². The molecule has 1 atom stereocenters. The standard InChI is InChI=1S/C21H23Cl2N3O2.ClH/c1-14(27)6-9-21(28)24-11-10-20-25-18-4-2-3-5-19(18)26(20)13-15-7-8-16(22)17(23)12-15;/h2-5,7-8,12,14,27H,6,9-11,13H2,1H3,(H,24,28);1H/p-1. The molecule has 3 rings (SSSR count). The first-order valence-corrected chi connectivity index (χ1v) is 10.0. The van der Waals surface area contributed by atoms with Crippen molar-refractivity contribution in [2.75, 3.05) is 6.54 Å². The number of aliphatic hydroxyl groups excluding tert-OH is 1. The molecule has 0 radical (unpaired) electrons. The molecular formula is C21H23Cl3N3O2-. The topological polar surface area (TPSA) is 67.2 Å². The van der Waals surface area contributed by atoms with E-state index in [-0.39, 0.29) is 18.3 Å². The van der Waals surface area contributed by atoms with Gasteiger partial charge in [-0.2, -0.15) is 0 Å². The number of para-hydroxylation sites is 2. The van der Waals surface area contributed by atoms with Gasteiger partial charge in [0.25, 0.3) is 0 Å². The van der Waals surface area contributed by atoms with Crippen molar-refractivity contribution in [2.24, 2.45) is 0 Å². The van der Waals surface area contributed by atoms with Gasteiger partial charge in [0.2, 0.25) is 5.91 Å². The van der Waals surface area contributed by atoms with Crippen LogP contribution in [0, 0.1) is 0 Å². The van der Waals surface area contributed by atoms with Crippen molar-refractivity contribution in [2.45, 2.75) is 38.8 Å². The molecule has 0 aliphatic carbocycles. The van der Waals surface area contributed by atoms with Gasteiger partial charge in [-0.3, -0.25) is 4.79 Å². The van der Waals surface area contributed by atoms with Gasteiger partial charge < -0.3 is 27.4 Å². The minimum Gasteiger partial charge on any atom is -1.00 e. The van der Waals surface area contributed by atoms with Gasteiger partial charge in [0.05, 0.1) is 27.2 Å². The molecule has 1 unspecified atom stereocenters. The van der Waals surface area contributed by atoms with E-state index in [1.807, 2.05) is 36.4 Å². The fourth-order valence-corrected chi connectivity index (χ4v) is 3.38. The van der Waals surface area contributed by atoms with Crippen molar-refractivity contribution >= 4 is 40.1 Å². The van der Waals surface area contributed by atoms with Gasteiger partial charge in [0.15, 0.2) is 0 Å². The number of nitrogens with one attached hydrogen (secondary N) is 1. The third-order valence-corrected chi connectivity index (χ3v) is 5.26. The van der Waals surface area contributed by atoms with Crippen LogP contribution < -0.4 is 17.7 Å². The number of aliphatic hydroxyl groups is 1. The maximum Gasteiger partial charge on any atom is 0.220 e. The lowest BCUT2D eigenvalue weighted by atomic mass is 10.2. The molecule has 0 bridgehead atoms. The van der Waals surface area contributed by atoms with Gasteiger partial charge in [0.1, 0.15) is 5.82 Å². The number of aromatic nitrogens is 2. The van der Waals surface area contributed by atoms with E-state index < -0.39 is 6.10 Å². The summed E-state index contributed by atoms with van der Waals surface area (Å²) in [5.41, 5.74) is 2.97. The predicted molar refractivity (Wildman–Crippen MR) is 113 cm³/mol. The summed E-state index contributed by atoms with van der Waals surface area (Å²) in [7, 11) is 0. The van der Waals surface area contributed by atoms with Crippen molar-refractivity contribution in [3.05, 3.63) is 63.9 Å². The number of carbonyl (C=O) groups excluding carboxylic acids is 1. The van der Waals surface area contributed by atoms with Crippen LogP contribution >= 0.6 is 23.2 Å². The Hall–Kier alpha value is -1.79. The monoisotopic (exact) mass is 454 g/mol. The molecule has 8 heteroatoms. The number of halogens is 3. The number of benzene rings is 2. The van der Waals surface area contributed by atoms with E-state index in [9.17, 15) is 9.90 Å². The number of rotatable bonds is 8. The lowest BCUT2D eigenvalue weighted by Gasteiger charge is -2.11. The number of fused-ring (bicyclic) bond motifs is 1. The Balaban J connectivity index is 0.00000300. The molecule has 0 spiro atoms. The molecule has 5 nitrogen and oxygen atoms in total. The Morgan fingerprint density at radius 3 is 2.69 bits per heavy atom. The van der Waals surface area contributed by atoms with Crippen LogP contribution in [-0.2, 0) is 17.8 Å². The van der Waals surface area contributed by atoms with Crippen LogP contribution in [0.3, 0.4) is 0 Å². The lowest BCUT2D eigenvalue weighted by molar-refractivity contribution is -0.121. The predicted octanol–water partition coefficient (Wildman–Crippen LogP) is 1.22. The number of imidazole rings is 1. The first-order chi connectivity index (χ1) is 13.4. The fraction of sp³-hybridized carbons (Fsp3) is 0.333. The van der Waals surface area contributed by atoms with Gasteiger partial charge in [-0.15, -0.1) is 0 Å². The Kier molecular flexibility index (Phi) is 8.78. The van der Waals surface area contributed by atoms with Crippen LogP contribution in [0.4, 0.5) is 0 Å². The number of hydrogen-bond donors (Lipinski definition) is 2. The minimum absolute atomic E-state index is 0. The van der Waals surface area contributed by atoms with E-state index >= 15 is 0 Å². The molecule has 2 N–H and O–H groups in total. The van der Waals surface area contributed by atoms with Gasteiger partial charge in [-0.25, -0.2) is 4.98 Å². The SMILES string of the molecule is CC(O)CCC(=O)NCCc1nc2ccccc2n1Cc1ccc(Cl)c(Cl)c1.[Cl-]. The third-order valence-electron chi connectivity index (χ3n) is 4.52. The van der Waals surface area contributed by atoms with E-state index in [0.29, 0.717) is 42.4 Å². The zero-order valence-electron chi connectivity index (χ0n) is 16.0. The number of nitrogens with zero attached hydrogens (tertiary/aromatic N) is 2. The number of carbonyl (C=O) groups is 1. The molecular weight excluding hydrogens is 433 g/mol. The highest BCUT2D eigenvalue weighted by Crippen LogP contribution is 2.24. The largest absolute Gasteiger partial charge is 1.00 e. The molecule has 0 saturated carbocycles. The lowest BCUT2D eigenvalue weighted by Crippen LogP contribution is -3.00. The average Bonchev–Trinajstić information content (AvgIpc) is 3.00. The second-order valence-corrected chi connectivity index (χ2v) is 7.65. The molecule has 156 valence electrons. The van der Waals surface area contributed by atoms with Crippen LogP contribution in [0.5, 0.6) is 0 Å². The molecule has 0 aliphatic rings. The Morgan fingerprint density at radius 1 is 1.21 bits per heavy atom. The molecule has 1 amide bonds. The summed E-state index contributed by atoms with van der Waals surface area (Å²) in [6.45, 7) is 2.78. The highest BCUT2D eigenvalue weighted by Gasteiger charge is 2.12. The third kappa shape index (κ3) is 6.34. The number of amides is 1. The van der Waals surface area contributed by atoms with Crippen LogP contribution in [0.25, 0.3) is 11.0 Å². The smallest absolute Gasteiger partial charge is 0.220 e. The highest BCUT2D eigenvalue weighted by atomic mass is 35.5. The van der Waals surface area contributed by atoms with E-state index in [1.54, 1.807) is 13.0 Å². The number of hydrogen-bond acceptors (Lipinski definition) is 3. The summed E-state index contributed by atoms with van der Waals surface area (Å²) in [6.07, 6.45) is 0.913. The van der Waals surface area contributed by atoms with Crippen molar-refractivity contribution in [1.82, 2.24) is 14.9 Å². The van der Waals surface area contributed by atoms with Crippen molar-refractivity contribution in [1.29, 1.82) is 0 Å².